The predicted octanol–water partition coefficient (Wildman–Crippen LogP) is 1.08. The Morgan fingerprint density at radius 3 is 2.94 bits per heavy atom. The molecule has 0 unspecified atom stereocenters. The van der Waals surface area contributed by atoms with Crippen LogP contribution in [0, 0.1) is 6.92 Å². The van der Waals surface area contributed by atoms with Crippen molar-refractivity contribution in [2.24, 2.45) is 0 Å². The van der Waals surface area contributed by atoms with Gasteiger partial charge in [-0.25, -0.2) is 4.98 Å². The maximum absolute atomic E-state index is 11.8. The fourth-order valence-electron chi connectivity index (χ4n) is 1.17. The fraction of sp³-hybridized carbons (Fsp3) is 0.111. The summed E-state index contributed by atoms with van der Waals surface area (Å²) >= 11 is 1.15. The van der Waals surface area contributed by atoms with Crippen LogP contribution in [0.5, 0.6) is 0 Å². The monoisotopic (exact) mass is 235 g/mol. The van der Waals surface area contributed by atoms with Crippen LogP contribution in [0.1, 0.15) is 15.4 Å². The minimum absolute atomic E-state index is 0.271. The van der Waals surface area contributed by atoms with Crippen molar-refractivity contribution in [2.45, 2.75) is 6.92 Å². The standard InChI is InChI=1S/C9H9N5OS/c1-5-7(16-9(10)12-5)8(15)13-6-3-2-4-11-14-6/h2-4H,1H3,(H2,10,12)(H,13,14,15). The van der Waals surface area contributed by atoms with Gasteiger partial charge in [0.15, 0.2) is 10.9 Å². The molecule has 2 heterocycles. The van der Waals surface area contributed by atoms with E-state index in [2.05, 4.69) is 20.5 Å². The van der Waals surface area contributed by atoms with Crippen LogP contribution in [0.3, 0.4) is 0 Å². The molecule has 82 valence electrons. The third-order valence-corrected chi connectivity index (χ3v) is 2.82. The van der Waals surface area contributed by atoms with E-state index in [1.807, 2.05) is 0 Å². The summed E-state index contributed by atoms with van der Waals surface area (Å²) in [5.41, 5.74) is 6.12. The van der Waals surface area contributed by atoms with Gasteiger partial charge in [0.05, 0.1) is 5.69 Å². The van der Waals surface area contributed by atoms with Gasteiger partial charge in [0.25, 0.3) is 5.91 Å². The molecule has 0 bridgehead atoms. The zero-order chi connectivity index (χ0) is 11.5. The SMILES string of the molecule is Cc1nc(N)sc1C(=O)Nc1cccnn1. The first kappa shape index (κ1) is 10.5. The molecule has 0 spiro atoms. The van der Waals surface area contributed by atoms with Gasteiger partial charge in [0, 0.05) is 6.20 Å². The Bertz CT molecular complexity index is 510. The molecule has 7 heteroatoms. The molecule has 1 amide bonds. The summed E-state index contributed by atoms with van der Waals surface area (Å²) in [6.07, 6.45) is 1.53. The highest BCUT2D eigenvalue weighted by Gasteiger charge is 2.14. The highest BCUT2D eigenvalue weighted by Crippen LogP contribution is 2.20. The van der Waals surface area contributed by atoms with Gasteiger partial charge in [-0.1, -0.05) is 11.3 Å². The largest absolute Gasteiger partial charge is 0.375 e. The number of nitrogens with two attached hydrogens (primary N) is 1. The Balaban J connectivity index is 2.18. The van der Waals surface area contributed by atoms with Crippen LogP contribution in [-0.2, 0) is 0 Å². The van der Waals surface area contributed by atoms with E-state index in [4.69, 9.17) is 5.73 Å². The highest BCUT2D eigenvalue weighted by atomic mass is 32.1. The van der Waals surface area contributed by atoms with Gasteiger partial charge in [-0.3, -0.25) is 4.79 Å². The van der Waals surface area contributed by atoms with Crippen LogP contribution in [-0.4, -0.2) is 21.1 Å². The number of aryl methyl sites for hydroxylation is 1. The molecule has 0 fully saturated rings. The molecule has 0 radical (unpaired) electrons. The average molecular weight is 235 g/mol. The quantitative estimate of drug-likeness (QED) is 0.812. The second kappa shape index (κ2) is 4.23. The number of nitrogens with one attached hydrogen (secondary N) is 1. The maximum atomic E-state index is 11.8. The third-order valence-electron chi connectivity index (χ3n) is 1.83. The van der Waals surface area contributed by atoms with Crippen molar-refractivity contribution in [3.63, 3.8) is 0 Å². The summed E-state index contributed by atoms with van der Waals surface area (Å²) in [7, 11) is 0. The first-order chi connectivity index (χ1) is 7.66. The number of carbonyl (C=O) groups is 1. The molecule has 6 nitrogen and oxygen atoms in total. The molecule has 0 aliphatic heterocycles. The van der Waals surface area contributed by atoms with Crippen LogP contribution in [0.2, 0.25) is 0 Å². The first-order valence-corrected chi connectivity index (χ1v) is 5.30. The summed E-state index contributed by atoms with van der Waals surface area (Å²) < 4.78 is 0. The molecular weight excluding hydrogens is 226 g/mol. The van der Waals surface area contributed by atoms with Crippen molar-refractivity contribution in [1.82, 2.24) is 15.2 Å². The van der Waals surface area contributed by atoms with Crippen molar-refractivity contribution >= 4 is 28.2 Å². The van der Waals surface area contributed by atoms with Crippen molar-refractivity contribution in [2.75, 3.05) is 11.1 Å². The van der Waals surface area contributed by atoms with Crippen LogP contribution in [0.4, 0.5) is 10.9 Å². The lowest BCUT2D eigenvalue weighted by Crippen LogP contribution is -2.12. The van der Waals surface area contributed by atoms with Gasteiger partial charge in [-0.05, 0) is 19.1 Å². The second-order valence-electron chi connectivity index (χ2n) is 3.03. The Labute approximate surface area is 95.5 Å². The minimum Gasteiger partial charge on any atom is -0.375 e. The molecule has 0 atom stereocenters. The minimum atomic E-state index is -0.271. The van der Waals surface area contributed by atoms with Gasteiger partial charge in [-0.15, -0.1) is 5.10 Å². The van der Waals surface area contributed by atoms with E-state index in [9.17, 15) is 4.79 Å². The van der Waals surface area contributed by atoms with E-state index >= 15 is 0 Å². The van der Waals surface area contributed by atoms with Crippen molar-refractivity contribution < 1.29 is 4.79 Å². The molecular formula is C9H9N5OS. The Kier molecular flexibility index (Phi) is 2.78. The zero-order valence-electron chi connectivity index (χ0n) is 8.47. The van der Waals surface area contributed by atoms with Crippen LogP contribution >= 0.6 is 11.3 Å². The summed E-state index contributed by atoms with van der Waals surface area (Å²) in [4.78, 5) is 16.2. The molecule has 2 aromatic rings. The number of thiazole rings is 1. The van der Waals surface area contributed by atoms with Gasteiger partial charge < -0.3 is 11.1 Å². The summed E-state index contributed by atoms with van der Waals surface area (Å²) in [5.74, 6) is 0.131. The van der Waals surface area contributed by atoms with Gasteiger partial charge in [-0.2, -0.15) is 5.10 Å². The number of hydrogen-bond donors (Lipinski definition) is 2. The molecule has 3 N–H and O–H groups in total. The number of nitrogen functional groups attached to an aromatic ring is 1. The Morgan fingerprint density at radius 2 is 2.38 bits per heavy atom. The summed E-state index contributed by atoms with van der Waals surface area (Å²) in [6, 6.07) is 3.35. The van der Waals surface area contributed by atoms with E-state index < -0.39 is 0 Å². The summed E-state index contributed by atoms with van der Waals surface area (Å²) in [6.45, 7) is 1.73. The fourth-order valence-corrected chi connectivity index (χ4v) is 1.90. The lowest BCUT2D eigenvalue weighted by molar-refractivity contribution is 0.102. The highest BCUT2D eigenvalue weighted by molar-refractivity contribution is 7.17. The number of carbonyl (C=O) groups excluding carboxylic acids is 1. The first-order valence-electron chi connectivity index (χ1n) is 4.49. The zero-order valence-corrected chi connectivity index (χ0v) is 9.28. The van der Waals surface area contributed by atoms with E-state index in [0.29, 0.717) is 21.5 Å². The normalized spacial score (nSPS) is 10.1. The number of rotatable bonds is 2. The number of hydrogen-bond acceptors (Lipinski definition) is 6. The van der Waals surface area contributed by atoms with E-state index in [0.717, 1.165) is 11.3 Å². The van der Waals surface area contributed by atoms with Crippen molar-refractivity contribution in [3.8, 4) is 0 Å². The summed E-state index contributed by atoms with van der Waals surface area (Å²) in [5, 5.41) is 10.4. The molecule has 0 aliphatic rings. The number of aromatic nitrogens is 3. The predicted molar refractivity (Wildman–Crippen MR) is 61.2 cm³/mol. The van der Waals surface area contributed by atoms with Crippen molar-refractivity contribution in [3.05, 3.63) is 28.9 Å². The molecule has 2 aromatic heterocycles. The molecule has 0 saturated carbocycles. The molecule has 0 aliphatic carbocycles. The van der Waals surface area contributed by atoms with Gasteiger partial charge >= 0.3 is 0 Å². The average Bonchev–Trinajstić information content (AvgIpc) is 2.59. The Hall–Kier alpha value is -2.02. The number of nitrogens with zero attached hydrogens (tertiary/aromatic N) is 3. The van der Waals surface area contributed by atoms with Crippen LogP contribution < -0.4 is 11.1 Å². The molecule has 0 saturated heterocycles. The van der Waals surface area contributed by atoms with E-state index in [-0.39, 0.29) is 5.91 Å². The van der Waals surface area contributed by atoms with E-state index in [1.54, 1.807) is 19.1 Å². The van der Waals surface area contributed by atoms with Crippen LogP contribution in [0.15, 0.2) is 18.3 Å². The molecule has 2 rings (SSSR count). The second-order valence-corrected chi connectivity index (χ2v) is 4.06. The van der Waals surface area contributed by atoms with Gasteiger partial charge in [0.2, 0.25) is 0 Å². The lowest BCUT2D eigenvalue weighted by Gasteiger charge is -2.00. The third kappa shape index (κ3) is 2.14. The van der Waals surface area contributed by atoms with E-state index in [1.165, 1.54) is 6.20 Å². The molecule has 16 heavy (non-hydrogen) atoms. The lowest BCUT2D eigenvalue weighted by atomic mass is 10.3. The van der Waals surface area contributed by atoms with Crippen LogP contribution in [0.25, 0.3) is 0 Å². The number of anilines is 2. The smallest absolute Gasteiger partial charge is 0.268 e. The van der Waals surface area contributed by atoms with Gasteiger partial charge in [0.1, 0.15) is 4.88 Å². The maximum Gasteiger partial charge on any atom is 0.268 e. The Morgan fingerprint density at radius 1 is 1.56 bits per heavy atom. The molecule has 0 aromatic carbocycles. The van der Waals surface area contributed by atoms with Crippen molar-refractivity contribution in [1.29, 1.82) is 0 Å². The topological polar surface area (TPSA) is 93.8 Å². The number of amides is 1.